The molecule has 0 saturated carbocycles. The van der Waals surface area contributed by atoms with Gasteiger partial charge in [-0.05, 0) is 0 Å². The summed E-state index contributed by atoms with van der Waals surface area (Å²) in [5, 5.41) is 3.31. The van der Waals surface area contributed by atoms with Gasteiger partial charge in [-0.2, -0.15) is 0 Å². The summed E-state index contributed by atoms with van der Waals surface area (Å²) in [6.07, 6.45) is 0. The molecule has 0 aromatic carbocycles. The second kappa shape index (κ2) is 7.54. The van der Waals surface area contributed by atoms with Crippen molar-refractivity contribution < 1.29 is 0 Å². The van der Waals surface area contributed by atoms with Gasteiger partial charge < -0.3 is 0 Å². The SMILES string of the molecule is C[Si](C)(C)[Si]1([Si](C)(C)C)CSC[Si]([Si](C)(C)C)([Si](C)(C)C)C[Se]C1. The van der Waals surface area contributed by atoms with Crippen LogP contribution in [0.5, 0.6) is 0 Å². The molecule has 1 fully saturated rings. The van der Waals surface area contributed by atoms with E-state index < -0.39 is 44.6 Å². The van der Waals surface area contributed by atoms with Gasteiger partial charge in [0.05, 0.1) is 0 Å². The Hall–Kier alpha value is 2.17. The summed E-state index contributed by atoms with van der Waals surface area (Å²) in [5.74, 6) is 0. The average molecular weight is 516 g/mol. The monoisotopic (exact) mass is 516 g/mol. The van der Waals surface area contributed by atoms with Gasteiger partial charge in [-0.3, -0.25) is 0 Å². The van der Waals surface area contributed by atoms with Crippen LogP contribution in [-0.2, 0) is 0 Å². The van der Waals surface area contributed by atoms with Gasteiger partial charge in [-0.1, -0.05) is 0 Å². The van der Waals surface area contributed by atoms with Crippen molar-refractivity contribution in [3.8, 4) is 0 Å². The Balaban J connectivity index is 3.24. The third-order valence-corrected chi connectivity index (χ3v) is 110. The van der Waals surface area contributed by atoms with Crippen LogP contribution in [0.15, 0.2) is 0 Å². The Morgan fingerprint density at radius 2 is 0.792 bits per heavy atom. The van der Waals surface area contributed by atoms with Crippen molar-refractivity contribution in [3.05, 3.63) is 0 Å². The third kappa shape index (κ3) is 4.42. The molecule has 8 heteroatoms. The van der Waals surface area contributed by atoms with E-state index in [4.69, 9.17) is 0 Å². The van der Waals surface area contributed by atoms with E-state index in [0.29, 0.717) is 0 Å². The van der Waals surface area contributed by atoms with Crippen LogP contribution in [0.3, 0.4) is 0 Å². The van der Waals surface area contributed by atoms with E-state index in [1.54, 1.807) is 20.6 Å². The van der Waals surface area contributed by atoms with E-state index in [0.717, 1.165) is 15.0 Å². The van der Waals surface area contributed by atoms with Crippen molar-refractivity contribution in [2.75, 3.05) is 10.8 Å². The Labute approximate surface area is 169 Å². The minimum atomic E-state index is -1.03. The molecular formula is C16H44SSeSi6. The fourth-order valence-corrected chi connectivity index (χ4v) is 151. The fraction of sp³-hybridized carbons (Fsp3) is 1.00. The van der Waals surface area contributed by atoms with Crippen molar-refractivity contribution in [2.45, 2.75) is 88.4 Å². The van der Waals surface area contributed by atoms with Crippen LogP contribution in [0.1, 0.15) is 0 Å². The van der Waals surface area contributed by atoms with Gasteiger partial charge in [-0.15, -0.1) is 0 Å². The van der Waals surface area contributed by atoms with Crippen molar-refractivity contribution in [1.82, 2.24) is 0 Å². The first kappa shape index (κ1) is 24.2. The molecule has 1 saturated heterocycles. The standard InChI is InChI=1S/C16H44SSeSi6/c1-19(2,3)23(20(4,5)6)13-17-14-24(16-18-15-23,21(7,8)9)22(10,11)12/h13-16H2,1-12H3. The van der Waals surface area contributed by atoms with E-state index >= 15 is 0 Å². The maximum absolute atomic E-state index is 2.75. The van der Waals surface area contributed by atoms with Gasteiger partial charge in [0.2, 0.25) is 0 Å². The maximum atomic E-state index is 2.75. The van der Waals surface area contributed by atoms with Crippen molar-refractivity contribution in [3.63, 3.8) is 0 Å². The van der Waals surface area contributed by atoms with Crippen molar-refractivity contribution >= 4 is 71.3 Å². The summed E-state index contributed by atoms with van der Waals surface area (Å²) in [7, 11) is -6.06. The Morgan fingerprint density at radius 3 is 1.00 bits per heavy atom. The van der Waals surface area contributed by atoms with Crippen LogP contribution in [0.4, 0.5) is 0 Å². The van der Waals surface area contributed by atoms with E-state index in [1.165, 1.54) is 0 Å². The normalized spacial score (nSPS) is 23.5. The molecule has 1 heterocycles. The van der Waals surface area contributed by atoms with Gasteiger partial charge in [-0.25, -0.2) is 0 Å². The molecule has 1 aliphatic heterocycles. The molecule has 0 unspecified atom stereocenters. The molecule has 0 nitrogen and oxygen atoms in total. The molecule has 0 radical (unpaired) electrons. The molecule has 0 spiro atoms. The fourth-order valence-electron chi connectivity index (χ4n) is 4.86. The molecule has 1 rings (SSSR count). The molecule has 0 aliphatic carbocycles. The molecule has 0 aromatic heterocycles. The predicted octanol–water partition coefficient (Wildman–Crippen LogP) is 5.99. The predicted molar refractivity (Wildman–Crippen MR) is 138 cm³/mol. The summed E-state index contributed by atoms with van der Waals surface area (Å²) >= 11 is 3.50. The van der Waals surface area contributed by atoms with E-state index in [-0.39, 0.29) is 0 Å². The number of rotatable bonds is 4. The first-order valence-corrected chi connectivity index (χ1v) is 36.0. The topological polar surface area (TPSA) is 0 Å². The number of thioether (sulfide) groups is 1. The zero-order chi connectivity index (χ0) is 19.2. The second-order valence-corrected chi connectivity index (χ2v) is 74.7. The quantitative estimate of drug-likeness (QED) is 0.414. The molecule has 24 heavy (non-hydrogen) atoms. The first-order valence-electron chi connectivity index (χ1n) is 9.57. The molecule has 0 bridgehead atoms. The van der Waals surface area contributed by atoms with Crippen molar-refractivity contribution in [1.29, 1.82) is 0 Å². The van der Waals surface area contributed by atoms with Gasteiger partial charge >= 0.3 is 171 Å². The van der Waals surface area contributed by atoms with Gasteiger partial charge in [0.1, 0.15) is 0 Å². The Morgan fingerprint density at radius 1 is 0.542 bits per heavy atom. The van der Waals surface area contributed by atoms with Gasteiger partial charge in [0.25, 0.3) is 0 Å². The zero-order valence-electron chi connectivity index (χ0n) is 18.6. The van der Waals surface area contributed by atoms with Crippen LogP contribution in [0.2, 0.25) is 88.4 Å². The molecule has 0 amide bonds. The zero-order valence-corrected chi connectivity index (χ0v) is 27.2. The average Bonchev–Trinajstić information content (AvgIpc) is 2.20. The summed E-state index contributed by atoms with van der Waals surface area (Å²) in [6, 6.07) is 0. The van der Waals surface area contributed by atoms with E-state index in [1.807, 2.05) is 0 Å². The molecular weight excluding hydrogens is 472 g/mol. The minimum absolute atomic E-state index is 0.973. The van der Waals surface area contributed by atoms with Crippen LogP contribution in [0.25, 0.3) is 0 Å². The van der Waals surface area contributed by atoms with E-state index in [9.17, 15) is 0 Å². The number of hydrogen-bond acceptors (Lipinski definition) is 1. The second-order valence-electron chi connectivity index (χ2n) is 12.1. The third-order valence-electron chi connectivity index (χ3n) is 7.14. The summed E-state index contributed by atoms with van der Waals surface area (Å²) in [5.41, 5.74) is 0. The molecule has 144 valence electrons. The first-order chi connectivity index (χ1) is 10.4. The van der Waals surface area contributed by atoms with Crippen LogP contribution in [0, 0.1) is 0 Å². The van der Waals surface area contributed by atoms with Crippen LogP contribution < -0.4 is 0 Å². The summed E-state index contributed by atoms with van der Waals surface area (Å²) < 4.78 is 0. The van der Waals surface area contributed by atoms with Crippen molar-refractivity contribution in [2.24, 2.45) is 0 Å². The molecule has 0 N–H and O–H groups in total. The number of hydrogen-bond donors (Lipinski definition) is 0. The summed E-state index contributed by atoms with van der Waals surface area (Å²) in [4.78, 5) is 3.53. The van der Waals surface area contributed by atoms with E-state index in [2.05, 4.69) is 90.3 Å². The van der Waals surface area contributed by atoms with Gasteiger partial charge in [0, 0.05) is 0 Å². The Kier molecular flexibility index (Phi) is 7.60. The van der Waals surface area contributed by atoms with Crippen LogP contribution >= 0.6 is 11.8 Å². The van der Waals surface area contributed by atoms with Crippen LogP contribution in [-0.4, -0.2) is 70.3 Å². The Bertz CT molecular complexity index is 359. The molecule has 0 atom stereocenters. The molecule has 1 aliphatic rings. The summed E-state index contributed by atoms with van der Waals surface area (Å²) in [6.45, 7) is 33.0. The van der Waals surface area contributed by atoms with Gasteiger partial charge in [0.15, 0.2) is 0 Å². The molecule has 0 aromatic rings.